The summed E-state index contributed by atoms with van der Waals surface area (Å²) in [6, 6.07) is 4.59. The molecule has 3 fully saturated rings. The molecule has 3 aliphatic heterocycles. The van der Waals surface area contributed by atoms with Crippen molar-refractivity contribution in [2.45, 2.75) is 69.3 Å². The van der Waals surface area contributed by atoms with Crippen LogP contribution in [0.15, 0.2) is 18.2 Å². The van der Waals surface area contributed by atoms with E-state index in [4.69, 9.17) is 4.74 Å². The van der Waals surface area contributed by atoms with Crippen LogP contribution in [-0.2, 0) is 22.1 Å². The van der Waals surface area contributed by atoms with Crippen LogP contribution >= 0.6 is 0 Å². The molecule has 5 nitrogen and oxygen atoms in total. The molecule has 32 heavy (non-hydrogen) atoms. The highest BCUT2D eigenvalue weighted by Gasteiger charge is 2.44. The number of fused-ring (bicyclic) bond motifs is 3. The fraction of sp³-hybridized carbons (Fsp3) is 0.708. The SMILES string of the molecule is O=C(NC[C@@H]1CCCO1)[C@@H]1Cc2cc(C(F)(F)F)ccc2N2CCN(C3CCCC3)C[C@@H]12. The lowest BCUT2D eigenvalue weighted by Gasteiger charge is -2.50. The highest BCUT2D eigenvalue weighted by atomic mass is 19.4. The molecule has 8 heteroatoms. The Morgan fingerprint density at radius 2 is 1.94 bits per heavy atom. The second-order valence-corrected chi connectivity index (χ2v) is 9.73. The lowest BCUT2D eigenvalue weighted by atomic mass is 9.82. The molecule has 5 rings (SSSR count). The Bertz CT molecular complexity index is 834. The zero-order chi connectivity index (χ0) is 22.3. The molecule has 1 aromatic rings. The van der Waals surface area contributed by atoms with Gasteiger partial charge in [0.25, 0.3) is 0 Å². The molecule has 1 N–H and O–H groups in total. The summed E-state index contributed by atoms with van der Waals surface area (Å²) in [5, 5.41) is 3.06. The van der Waals surface area contributed by atoms with Crippen molar-refractivity contribution in [1.29, 1.82) is 0 Å². The minimum absolute atomic E-state index is 0.0157. The van der Waals surface area contributed by atoms with E-state index >= 15 is 0 Å². The van der Waals surface area contributed by atoms with Crippen LogP contribution in [0.25, 0.3) is 0 Å². The smallest absolute Gasteiger partial charge is 0.376 e. The van der Waals surface area contributed by atoms with Crippen molar-refractivity contribution in [1.82, 2.24) is 10.2 Å². The summed E-state index contributed by atoms with van der Waals surface area (Å²) >= 11 is 0. The molecule has 0 radical (unpaired) electrons. The molecule has 3 heterocycles. The highest BCUT2D eigenvalue weighted by Crippen LogP contribution is 2.40. The number of nitrogens with one attached hydrogen (secondary N) is 1. The van der Waals surface area contributed by atoms with Crippen LogP contribution in [-0.4, -0.2) is 61.8 Å². The van der Waals surface area contributed by atoms with Gasteiger partial charge in [-0.2, -0.15) is 13.2 Å². The summed E-state index contributed by atoms with van der Waals surface area (Å²) in [7, 11) is 0. The standard InChI is InChI=1S/C24H32F3N3O2/c25-24(26,27)17-7-8-21-16(12-17)13-20(23(31)28-14-19-6-3-11-32-19)22-15-29(9-10-30(21)22)18-4-1-2-5-18/h7-8,12,18-20,22H,1-6,9-11,13-15H2,(H,28,31)/t19-,20+,22-/m0/s1. The van der Waals surface area contributed by atoms with Gasteiger partial charge < -0.3 is 15.0 Å². The number of hydrogen-bond acceptors (Lipinski definition) is 4. The van der Waals surface area contributed by atoms with Gasteiger partial charge in [0, 0.05) is 44.5 Å². The van der Waals surface area contributed by atoms with Crippen molar-refractivity contribution in [3.63, 3.8) is 0 Å². The molecule has 0 aromatic heterocycles. The van der Waals surface area contributed by atoms with E-state index in [0.29, 0.717) is 24.6 Å². The predicted molar refractivity (Wildman–Crippen MR) is 116 cm³/mol. The number of ether oxygens (including phenoxy) is 1. The zero-order valence-electron chi connectivity index (χ0n) is 18.4. The van der Waals surface area contributed by atoms with E-state index < -0.39 is 11.7 Å². The number of piperazine rings is 1. The summed E-state index contributed by atoms with van der Waals surface area (Å²) in [6.45, 7) is 3.64. The molecule has 0 unspecified atom stereocenters. The van der Waals surface area contributed by atoms with Crippen molar-refractivity contribution in [3.05, 3.63) is 29.3 Å². The quantitative estimate of drug-likeness (QED) is 0.760. The second-order valence-electron chi connectivity index (χ2n) is 9.73. The van der Waals surface area contributed by atoms with Gasteiger partial charge in [-0.1, -0.05) is 12.8 Å². The van der Waals surface area contributed by atoms with Crippen LogP contribution in [0.1, 0.15) is 49.7 Å². The first-order chi connectivity index (χ1) is 15.4. The number of benzene rings is 1. The normalized spacial score (nSPS) is 29.1. The van der Waals surface area contributed by atoms with Crippen molar-refractivity contribution >= 4 is 11.6 Å². The Labute approximate surface area is 187 Å². The van der Waals surface area contributed by atoms with Crippen LogP contribution in [0.3, 0.4) is 0 Å². The summed E-state index contributed by atoms with van der Waals surface area (Å²) in [5.74, 6) is -0.427. The van der Waals surface area contributed by atoms with Gasteiger partial charge in [0.05, 0.1) is 23.6 Å². The first kappa shape index (κ1) is 22.0. The maximum Gasteiger partial charge on any atom is 0.416 e. The molecule has 0 bridgehead atoms. The fourth-order valence-electron chi connectivity index (χ4n) is 6.07. The van der Waals surface area contributed by atoms with E-state index in [2.05, 4.69) is 15.1 Å². The maximum absolute atomic E-state index is 13.4. The molecule has 176 valence electrons. The average Bonchev–Trinajstić information content (AvgIpc) is 3.50. The second kappa shape index (κ2) is 8.86. The molecule has 0 spiro atoms. The third-order valence-electron chi connectivity index (χ3n) is 7.78. The van der Waals surface area contributed by atoms with Crippen LogP contribution in [0, 0.1) is 5.92 Å². The lowest BCUT2D eigenvalue weighted by Crippen LogP contribution is -2.62. The van der Waals surface area contributed by atoms with Gasteiger partial charge in [-0.15, -0.1) is 0 Å². The average molecular weight is 452 g/mol. The van der Waals surface area contributed by atoms with Crippen molar-refractivity contribution in [3.8, 4) is 0 Å². The number of anilines is 1. The molecule has 3 atom stereocenters. The number of hydrogen-bond donors (Lipinski definition) is 1. The summed E-state index contributed by atoms with van der Waals surface area (Å²) in [6.07, 6.45) is 2.86. The number of carbonyl (C=O) groups excluding carboxylic acids is 1. The minimum atomic E-state index is -4.38. The van der Waals surface area contributed by atoms with Crippen LogP contribution in [0.4, 0.5) is 18.9 Å². The fourth-order valence-corrected chi connectivity index (χ4v) is 6.07. The van der Waals surface area contributed by atoms with Crippen LogP contribution < -0.4 is 10.2 Å². The largest absolute Gasteiger partial charge is 0.416 e. The summed E-state index contributed by atoms with van der Waals surface area (Å²) < 4.78 is 45.7. The van der Waals surface area contributed by atoms with E-state index in [1.54, 1.807) is 6.07 Å². The van der Waals surface area contributed by atoms with E-state index in [0.717, 1.165) is 44.8 Å². The zero-order valence-corrected chi connectivity index (χ0v) is 18.4. The molecule has 1 aliphatic carbocycles. The maximum atomic E-state index is 13.4. The number of carbonyl (C=O) groups is 1. The Balaban J connectivity index is 1.39. The molecule has 1 saturated carbocycles. The number of alkyl halides is 3. The summed E-state index contributed by atoms with van der Waals surface area (Å²) in [5.41, 5.74) is 0.845. The number of nitrogens with zero attached hydrogens (tertiary/aromatic N) is 2. The van der Waals surface area contributed by atoms with E-state index in [-0.39, 0.29) is 24.0 Å². The first-order valence-corrected chi connectivity index (χ1v) is 12.0. The highest BCUT2D eigenvalue weighted by molar-refractivity contribution is 5.82. The molecule has 4 aliphatic rings. The Morgan fingerprint density at radius 3 is 2.66 bits per heavy atom. The monoisotopic (exact) mass is 451 g/mol. The van der Waals surface area contributed by atoms with E-state index in [1.807, 2.05) is 0 Å². The Kier molecular flexibility index (Phi) is 6.09. The van der Waals surface area contributed by atoms with E-state index in [1.165, 1.54) is 37.8 Å². The van der Waals surface area contributed by atoms with Crippen molar-refractivity contribution in [2.75, 3.05) is 37.7 Å². The topological polar surface area (TPSA) is 44.8 Å². The van der Waals surface area contributed by atoms with Crippen molar-refractivity contribution < 1.29 is 22.7 Å². The molecular weight excluding hydrogens is 419 g/mol. The number of halogens is 3. The lowest BCUT2D eigenvalue weighted by molar-refractivity contribution is -0.137. The number of amides is 1. The van der Waals surface area contributed by atoms with Gasteiger partial charge in [-0.3, -0.25) is 9.69 Å². The van der Waals surface area contributed by atoms with Gasteiger partial charge in [-0.25, -0.2) is 0 Å². The predicted octanol–water partition coefficient (Wildman–Crippen LogP) is 3.61. The molecule has 2 saturated heterocycles. The molecule has 1 amide bonds. The molecule has 1 aromatic carbocycles. The first-order valence-electron chi connectivity index (χ1n) is 12.0. The Morgan fingerprint density at radius 1 is 1.12 bits per heavy atom. The van der Waals surface area contributed by atoms with Gasteiger partial charge in [0.2, 0.25) is 5.91 Å². The van der Waals surface area contributed by atoms with Gasteiger partial charge >= 0.3 is 6.18 Å². The van der Waals surface area contributed by atoms with Gasteiger partial charge in [-0.05, 0) is 55.9 Å². The van der Waals surface area contributed by atoms with Crippen LogP contribution in [0.2, 0.25) is 0 Å². The van der Waals surface area contributed by atoms with Gasteiger partial charge in [0.15, 0.2) is 0 Å². The van der Waals surface area contributed by atoms with Gasteiger partial charge in [0.1, 0.15) is 0 Å². The summed E-state index contributed by atoms with van der Waals surface area (Å²) in [4.78, 5) is 18.0. The van der Waals surface area contributed by atoms with Crippen LogP contribution in [0.5, 0.6) is 0 Å². The van der Waals surface area contributed by atoms with Crippen molar-refractivity contribution in [2.24, 2.45) is 5.92 Å². The Hall–Kier alpha value is -1.80. The minimum Gasteiger partial charge on any atom is -0.376 e. The number of rotatable bonds is 4. The third kappa shape index (κ3) is 4.36. The van der Waals surface area contributed by atoms with E-state index in [9.17, 15) is 18.0 Å². The third-order valence-corrected chi connectivity index (χ3v) is 7.78. The molecular formula is C24H32F3N3O2.